The molecule has 0 spiro atoms. The van der Waals surface area contributed by atoms with Crippen molar-refractivity contribution < 1.29 is 13.9 Å². The quantitative estimate of drug-likeness (QED) is 0.769. The monoisotopic (exact) mass is 215 g/mol. The van der Waals surface area contributed by atoms with Crippen molar-refractivity contribution in [3.8, 4) is 5.75 Å². The van der Waals surface area contributed by atoms with Crippen LogP contribution in [0, 0.1) is 0 Å². The van der Waals surface area contributed by atoms with Crippen LogP contribution in [0.1, 0.15) is 12.8 Å². The van der Waals surface area contributed by atoms with E-state index in [2.05, 4.69) is 9.97 Å². The van der Waals surface area contributed by atoms with Crippen molar-refractivity contribution >= 4 is 5.95 Å². The van der Waals surface area contributed by atoms with Crippen molar-refractivity contribution in [3.63, 3.8) is 0 Å². The van der Waals surface area contributed by atoms with Crippen LogP contribution in [0.5, 0.6) is 5.75 Å². The number of hydrogen-bond acceptors (Lipinski definition) is 4. The number of nitrogens with zero attached hydrogens (tertiary/aromatic N) is 3. The third-order valence-electron chi connectivity index (χ3n) is 2.40. The van der Waals surface area contributed by atoms with Gasteiger partial charge in [0.1, 0.15) is 0 Å². The van der Waals surface area contributed by atoms with Crippen molar-refractivity contribution in [2.45, 2.75) is 18.8 Å². The number of halogens is 2. The Labute approximate surface area is 85.6 Å². The van der Waals surface area contributed by atoms with Gasteiger partial charge in [-0.15, -0.1) is 0 Å². The maximum atomic E-state index is 12.9. The molecule has 1 saturated heterocycles. The second kappa shape index (κ2) is 3.60. The zero-order chi connectivity index (χ0) is 10.9. The van der Waals surface area contributed by atoms with Crippen LogP contribution in [0.15, 0.2) is 12.4 Å². The predicted molar refractivity (Wildman–Crippen MR) is 50.1 cm³/mol. The van der Waals surface area contributed by atoms with E-state index in [1.165, 1.54) is 12.4 Å². The van der Waals surface area contributed by atoms with Crippen LogP contribution in [-0.4, -0.2) is 34.1 Å². The van der Waals surface area contributed by atoms with Crippen LogP contribution in [0.4, 0.5) is 14.7 Å². The molecule has 2 heterocycles. The highest BCUT2D eigenvalue weighted by Gasteiger charge is 2.34. The average molecular weight is 215 g/mol. The van der Waals surface area contributed by atoms with Gasteiger partial charge in [-0.25, -0.2) is 18.7 Å². The van der Waals surface area contributed by atoms with Crippen LogP contribution in [-0.2, 0) is 0 Å². The van der Waals surface area contributed by atoms with E-state index in [1.54, 1.807) is 4.90 Å². The zero-order valence-electron chi connectivity index (χ0n) is 8.03. The number of hydrogen-bond donors (Lipinski definition) is 1. The van der Waals surface area contributed by atoms with Crippen molar-refractivity contribution in [2.24, 2.45) is 0 Å². The molecule has 0 bridgehead atoms. The summed E-state index contributed by atoms with van der Waals surface area (Å²) in [5.74, 6) is -2.20. The summed E-state index contributed by atoms with van der Waals surface area (Å²) in [7, 11) is 0. The van der Waals surface area contributed by atoms with E-state index < -0.39 is 5.92 Å². The Morgan fingerprint density at radius 2 is 1.73 bits per heavy atom. The number of alkyl halides is 2. The number of anilines is 1. The van der Waals surface area contributed by atoms with E-state index in [4.69, 9.17) is 5.11 Å². The Morgan fingerprint density at radius 3 is 2.27 bits per heavy atom. The first-order valence-corrected chi connectivity index (χ1v) is 4.71. The molecule has 1 aromatic heterocycles. The van der Waals surface area contributed by atoms with Gasteiger partial charge in [0.25, 0.3) is 5.92 Å². The first-order valence-electron chi connectivity index (χ1n) is 4.71. The number of rotatable bonds is 1. The van der Waals surface area contributed by atoms with Crippen molar-refractivity contribution in [1.82, 2.24) is 9.97 Å². The van der Waals surface area contributed by atoms with Gasteiger partial charge in [0, 0.05) is 25.9 Å². The van der Waals surface area contributed by atoms with Crippen LogP contribution in [0.25, 0.3) is 0 Å². The standard InChI is InChI=1S/C9H11F2N3O/c10-9(11)1-3-14(4-2-9)8-12-5-7(15)6-13-8/h5-6,15H,1-4H2. The Bertz CT molecular complexity index is 332. The fraction of sp³-hybridized carbons (Fsp3) is 0.556. The van der Waals surface area contributed by atoms with Gasteiger partial charge in [-0.1, -0.05) is 0 Å². The van der Waals surface area contributed by atoms with Gasteiger partial charge in [-0.2, -0.15) is 0 Å². The minimum absolute atomic E-state index is 0.0268. The summed E-state index contributed by atoms with van der Waals surface area (Å²) in [5.41, 5.74) is 0. The minimum Gasteiger partial charge on any atom is -0.505 e. The first kappa shape index (κ1) is 10.1. The van der Waals surface area contributed by atoms with Gasteiger partial charge in [0.15, 0.2) is 5.75 Å². The van der Waals surface area contributed by atoms with Gasteiger partial charge in [0.2, 0.25) is 5.95 Å². The van der Waals surface area contributed by atoms with Gasteiger partial charge >= 0.3 is 0 Å². The maximum absolute atomic E-state index is 12.9. The largest absolute Gasteiger partial charge is 0.505 e. The third kappa shape index (κ3) is 2.31. The van der Waals surface area contributed by atoms with Crippen LogP contribution in [0.2, 0.25) is 0 Å². The van der Waals surface area contributed by atoms with E-state index in [-0.39, 0.29) is 31.7 Å². The highest BCUT2D eigenvalue weighted by molar-refractivity contribution is 5.31. The SMILES string of the molecule is Oc1cnc(N2CCC(F)(F)CC2)nc1. The molecule has 0 unspecified atom stereocenters. The second-order valence-corrected chi connectivity index (χ2v) is 3.58. The van der Waals surface area contributed by atoms with Gasteiger partial charge < -0.3 is 10.0 Å². The molecule has 82 valence electrons. The Morgan fingerprint density at radius 1 is 1.20 bits per heavy atom. The molecule has 6 heteroatoms. The van der Waals surface area contributed by atoms with E-state index in [0.29, 0.717) is 5.95 Å². The zero-order valence-corrected chi connectivity index (χ0v) is 8.03. The van der Waals surface area contributed by atoms with E-state index in [9.17, 15) is 8.78 Å². The molecule has 1 aromatic rings. The van der Waals surface area contributed by atoms with Crippen LogP contribution in [0.3, 0.4) is 0 Å². The molecular formula is C9H11F2N3O. The Hall–Kier alpha value is -1.46. The van der Waals surface area contributed by atoms with Gasteiger partial charge in [0.05, 0.1) is 12.4 Å². The fourth-order valence-corrected chi connectivity index (χ4v) is 1.51. The Kier molecular flexibility index (Phi) is 2.42. The Balaban J connectivity index is 2.04. The number of aromatic hydroxyl groups is 1. The predicted octanol–water partition coefficient (Wildman–Crippen LogP) is 1.42. The van der Waals surface area contributed by atoms with E-state index >= 15 is 0 Å². The second-order valence-electron chi connectivity index (χ2n) is 3.58. The minimum atomic E-state index is -2.56. The van der Waals surface area contributed by atoms with E-state index in [0.717, 1.165) is 0 Å². The molecule has 0 aliphatic carbocycles. The molecule has 1 aliphatic rings. The lowest BCUT2D eigenvalue weighted by molar-refractivity contribution is -0.0222. The number of aromatic nitrogens is 2. The molecule has 1 N–H and O–H groups in total. The lowest BCUT2D eigenvalue weighted by Crippen LogP contribution is -2.40. The first-order chi connectivity index (χ1) is 7.07. The maximum Gasteiger partial charge on any atom is 0.251 e. The molecule has 1 aliphatic heterocycles. The molecule has 0 amide bonds. The fourth-order valence-electron chi connectivity index (χ4n) is 1.51. The summed E-state index contributed by atoms with van der Waals surface area (Å²) in [6.45, 7) is 0.496. The van der Waals surface area contributed by atoms with Crippen molar-refractivity contribution in [1.29, 1.82) is 0 Å². The van der Waals surface area contributed by atoms with E-state index in [1.807, 2.05) is 0 Å². The van der Waals surface area contributed by atoms with Gasteiger partial charge in [-0.05, 0) is 0 Å². The molecule has 4 nitrogen and oxygen atoms in total. The molecule has 1 fully saturated rings. The lowest BCUT2D eigenvalue weighted by Gasteiger charge is -2.31. The topological polar surface area (TPSA) is 49.3 Å². The highest BCUT2D eigenvalue weighted by atomic mass is 19.3. The third-order valence-corrected chi connectivity index (χ3v) is 2.40. The molecule has 0 saturated carbocycles. The molecular weight excluding hydrogens is 204 g/mol. The lowest BCUT2D eigenvalue weighted by atomic mass is 10.1. The van der Waals surface area contributed by atoms with Crippen molar-refractivity contribution in [2.75, 3.05) is 18.0 Å². The molecule has 0 radical (unpaired) electrons. The summed E-state index contributed by atoms with van der Waals surface area (Å²) in [5, 5.41) is 8.97. The highest BCUT2D eigenvalue weighted by Crippen LogP contribution is 2.29. The summed E-state index contributed by atoms with van der Waals surface area (Å²) < 4.78 is 25.7. The summed E-state index contributed by atoms with van der Waals surface area (Å²) in [6.07, 6.45) is 2.18. The number of piperidine rings is 1. The smallest absolute Gasteiger partial charge is 0.251 e. The van der Waals surface area contributed by atoms with Crippen LogP contribution >= 0.6 is 0 Å². The summed E-state index contributed by atoms with van der Waals surface area (Å²) >= 11 is 0. The summed E-state index contributed by atoms with van der Waals surface area (Å²) in [6, 6.07) is 0. The molecule has 0 aromatic carbocycles. The van der Waals surface area contributed by atoms with Crippen LogP contribution < -0.4 is 4.90 Å². The van der Waals surface area contributed by atoms with Gasteiger partial charge in [-0.3, -0.25) is 0 Å². The average Bonchev–Trinajstić information content (AvgIpc) is 2.20. The van der Waals surface area contributed by atoms with Crippen molar-refractivity contribution in [3.05, 3.63) is 12.4 Å². The molecule has 0 atom stereocenters. The molecule has 2 rings (SSSR count). The molecule has 15 heavy (non-hydrogen) atoms. The summed E-state index contributed by atoms with van der Waals surface area (Å²) in [4.78, 5) is 9.43. The normalized spacial score (nSPS) is 20.3.